The molecule has 0 spiro atoms. The lowest BCUT2D eigenvalue weighted by Crippen LogP contribution is -2.38. The number of carbonyl (C=O) groups excluding carboxylic acids is 1. The fourth-order valence-electron chi connectivity index (χ4n) is 2.67. The first-order chi connectivity index (χ1) is 8.19. The molecule has 2 unspecified atom stereocenters. The van der Waals surface area contributed by atoms with Crippen LogP contribution in [0.25, 0.3) is 0 Å². The number of rotatable bonds is 6. The van der Waals surface area contributed by atoms with Crippen LogP contribution < -0.4 is 0 Å². The van der Waals surface area contributed by atoms with E-state index in [2.05, 4.69) is 25.1 Å². The Hall–Kier alpha value is -0.0200. The molecule has 0 aliphatic heterocycles. The van der Waals surface area contributed by atoms with Crippen LogP contribution in [0.1, 0.15) is 45.4 Å². The third-order valence-electron chi connectivity index (χ3n) is 3.89. The minimum atomic E-state index is 0.304. The van der Waals surface area contributed by atoms with Gasteiger partial charge >= 0.3 is 0 Å². The average molecular weight is 257 g/mol. The summed E-state index contributed by atoms with van der Waals surface area (Å²) in [4.78, 5) is 14.4. The Morgan fingerprint density at radius 3 is 2.82 bits per heavy atom. The van der Waals surface area contributed by atoms with Crippen molar-refractivity contribution in [2.45, 2.75) is 51.5 Å². The predicted molar refractivity (Wildman–Crippen MR) is 76.7 cm³/mol. The number of carbonyl (C=O) groups is 1. The van der Waals surface area contributed by atoms with Gasteiger partial charge in [0.15, 0.2) is 0 Å². The molecule has 1 rings (SSSR count). The fourth-order valence-corrected chi connectivity index (χ4v) is 3.55. The van der Waals surface area contributed by atoms with E-state index in [4.69, 9.17) is 0 Å². The highest BCUT2D eigenvalue weighted by Crippen LogP contribution is 2.22. The minimum Gasteiger partial charge on any atom is -0.302 e. The Labute approximate surface area is 111 Å². The maximum absolute atomic E-state index is 12.0. The molecule has 0 aromatic heterocycles. The molecule has 1 fully saturated rings. The summed E-state index contributed by atoms with van der Waals surface area (Å²) in [5.41, 5.74) is 0. The van der Waals surface area contributed by atoms with Crippen molar-refractivity contribution in [1.82, 2.24) is 4.90 Å². The molecule has 0 heterocycles. The lowest BCUT2D eigenvalue weighted by Gasteiger charge is -2.29. The molecule has 2 nitrogen and oxygen atoms in total. The third-order valence-corrected chi connectivity index (χ3v) is 4.61. The van der Waals surface area contributed by atoms with Gasteiger partial charge in [0.25, 0.3) is 0 Å². The van der Waals surface area contributed by atoms with Crippen molar-refractivity contribution in [3.05, 3.63) is 0 Å². The second kappa shape index (κ2) is 8.15. The number of thioether (sulfide) groups is 1. The summed E-state index contributed by atoms with van der Waals surface area (Å²) in [6.07, 6.45) is 8.86. The third kappa shape index (κ3) is 5.01. The van der Waals surface area contributed by atoms with Crippen LogP contribution in [0.2, 0.25) is 0 Å². The highest BCUT2D eigenvalue weighted by atomic mass is 32.2. The van der Waals surface area contributed by atoms with Crippen LogP contribution >= 0.6 is 11.8 Å². The van der Waals surface area contributed by atoms with Crippen molar-refractivity contribution in [2.24, 2.45) is 5.92 Å². The molecular formula is C14H27NOS. The molecule has 2 atom stereocenters. The summed E-state index contributed by atoms with van der Waals surface area (Å²) in [6.45, 7) is 3.21. The van der Waals surface area contributed by atoms with Gasteiger partial charge in [-0.2, -0.15) is 11.8 Å². The molecule has 1 aliphatic carbocycles. The van der Waals surface area contributed by atoms with E-state index in [0.717, 1.165) is 25.8 Å². The van der Waals surface area contributed by atoms with Crippen LogP contribution in [0.4, 0.5) is 0 Å². The van der Waals surface area contributed by atoms with Crippen molar-refractivity contribution < 1.29 is 4.79 Å². The maximum atomic E-state index is 12.0. The van der Waals surface area contributed by atoms with Gasteiger partial charge in [0, 0.05) is 30.7 Å². The Morgan fingerprint density at radius 1 is 1.41 bits per heavy atom. The Morgan fingerprint density at radius 2 is 2.18 bits per heavy atom. The molecule has 1 saturated carbocycles. The smallest absolute Gasteiger partial charge is 0.137 e. The van der Waals surface area contributed by atoms with E-state index in [9.17, 15) is 4.79 Å². The molecule has 0 amide bonds. The van der Waals surface area contributed by atoms with Gasteiger partial charge in [-0.1, -0.05) is 19.8 Å². The number of hydrogen-bond donors (Lipinski definition) is 0. The summed E-state index contributed by atoms with van der Waals surface area (Å²) >= 11 is 1.90. The van der Waals surface area contributed by atoms with Gasteiger partial charge in [0.2, 0.25) is 0 Å². The molecule has 0 aromatic rings. The normalized spacial score (nSPS) is 23.8. The molecule has 0 radical (unpaired) electrons. The molecular weight excluding hydrogens is 230 g/mol. The fraction of sp³-hybridized carbons (Fsp3) is 0.929. The molecule has 1 aliphatic rings. The van der Waals surface area contributed by atoms with Crippen LogP contribution in [0, 0.1) is 5.92 Å². The lowest BCUT2D eigenvalue weighted by atomic mass is 9.98. The van der Waals surface area contributed by atoms with Gasteiger partial charge in [-0.05, 0) is 32.6 Å². The lowest BCUT2D eigenvalue weighted by molar-refractivity contribution is -0.123. The Bertz CT molecular complexity index is 232. The van der Waals surface area contributed by atoms with E-state index in [-0.39, 0.29) is 0 Å². The van der Waals surface area contributed by atoms with Gasteiger partial charge in [-0.3, -0.25) is 4.79 Å². The SMILES string of the molecule is CCC(CSC)N(C)CC1CCCCCC1=O. The summed E-state index contributed by atoms with van der Waals surface area (Å²) in [5, 5.41) is 0. The van der Waals surface area contributed by atoms with Crippen LogP contribution in [0.5, 0.6) is 0 Å². The minimum absolute atomic E-state index is 0.304. The van der Waals surface area contributed by atoms with Gasteiger partial charge in [-0.15, -0.1) is 0 Å². The second-order valence-corrected chi connectivity index (χ2v) is 6.13. The summed E-state index contributed by atoms with van der Waals surface area (Å²) < 4.78 is 0. The Balaban J connectivity index is 2.46. The number of hydrogen-bond acceptors (Lipinski definition) is 3. The monoisotopic (exact) mass is 257 g/mol. The van der Waals surface area contributed by atoms with E-state index in [1.165, 1.54) is 25.0 Å². The molecule has 3 heteroatoms. The van der Waals surface area contributed by atoms with E-state index in [1.807, 2.05) is 11.8 Å². The van der Waals surface area contributed by atoms with E-state index in [0.29, 0.717) is 17.7 Å². The van der Waals surface area contributed by atoms with Gasteiger partial charge in [0.1, 0.15) is 5.78 Å². The second-order valence-electron chi connectivity index (χ2n) is 5.22. The summed E-state index contributed by atoms with van der Waals surface area (Å²) in [5.74, 6) is 1.99. The topological polar surface area (TPSA) is 20.3 Å². The van der Waals surface area contributed by atoms with E-state index >= 15 is 0 Å². The van der Waals surface area contributed by atoms with Crippen LogP contribution in [-0.2, 0) is 4.79 Å². The van der Waals surface area contributed by atoms with Crippen molar-refractivity contribution in [3.8, 4) is 0 Å². The zero-order valence-corrected chi connectivity index (χ0v) is 12.4. The van der Waals surface area contributed by atoms with Crippen LogP contribution in [0.3, 0.4) is 0 Å². The molecule has 100 valence electrons. The van der Waals surface area contributed by atoms with Crippen molar-refractivity contribution in [2.75, 3.05) is 25.6 Å². The first-order valence-electron chi connectivity index (χ1n) is 6.91. The van der Waals surface area contributed by atoms with Gasteiger partial charge < -0.3 is 4.90 Å². The number of ketones is 1. The number of Topliss-reactive ketones (excluding diaryl/α,β-unsaturated/α-hetero) is 1. The first kappa shape index (κ1) is 15.0. The van der Waals surface area contributed by atoms with Gasteiger partial charge in [0.05, 0.1) is 0 Å². The number of nitrogens with zero attached hydrogens (tertiary/aromatic N) is 1. The zero-order valence-electron chi connectivity index (χ0n) is 11.6. The Kier molecular flexibility index (Phi) is 7.21. The molecule has 0 bridgehead atoms. The highest BCUT2D eigenvalue weighted by Gasteiger charge is 2.24. The quantitative estimate of drug-likeness (QED) is 0.682. The predicted octanol–water partition coefficient (Wildman–Crippen LogP) is 3.21. The van der Waals surface area contributed by atoms with Crippen molar-refractivity contribution in [3.63, 3.8) is 0 Å². The van der Waals surface area contributed by atoms with Crippen LogP contribution in [-0.4, -0.2) is 42.3 Å². The largest absolute Gasteiger partial charge is 0.302 e. The highest BCUT2D eigenvalue weighted by molar-refractivity contribution is 7.98. The zero-order chi connectivity index (χ0) is 12.7. The molecule has 17 heavy (non-hydrogen) atoms. The van der Waals surface area contributed by atoms with E-state index < -0.39 is 0 Å². The first-order valence-corrected chi connectivity index (χ1v) is 8.30. The summed E-state index contributed by atoms with van der Waals surface area (Å²) in [6, 6.07) is 0.626. The van der Waals surface area contributed by atoms with Gasteiger partial charge in [-0.25, -0.2) is 0 Å². The van der Waals surface area contributed by atoms with Crippen molar-refractivity contribution >= 4 is 17.5 Å². The maximum Gasteiger partial charge on any atom is 0.137 e. The van der Waals surface area contributed by atoms with Crippen molar-refractivity contribution in [1.29, 1.82) is 0 Å². The molecule has 0 aromatic carbocycles. The van der Waals surface area contributed by atoms with E-state index in [1.54, 1.807) is 0 Å². The van der Waals surface area contributed by atoms with Crippen LogP contribution in [0.15, 0.2) is 0 Å². The summed E-state index contributed by atoms with van der Waals surface area (Å²) in [7, 11) is 2.18. The molecule has 0 N–H and O–H groups in total. The standard InChI is InChI=1S/C14H27NOS/c1-4-13(11-17-3)15(2)10-12-8-6-5-7-9-14(12)16/h12-13H,4-11H2,1-3H3. The average Bonchev–Trinajstić information content (AvgIpc) is 2.52. The molecule has 0 saturated heterocycles.